The number of ether oxygens (including phenoxy) is 1. The molecule has 1 unspecified atom stereocenters. The van der Waals surface area contributed by atoms with Crippen molar-refractivity contribution in [3.63, 3.8) is 0 Å². The molecule has 0 aromatic heterocycles. The molecular formula is C13H29NO. The van der Waals surface area contributed by atoms with Crippen molar-refractivity contribution in [2.45, 2.75) is 65.4 Å². The van der Waals surface area contributed by atoms with Crippen LogP contribution in [-0.4, -0.2) is 25.8 Å². The first-order valence-electron chi connectivity index (χ1n) is 6.63. The molecule has 0 aliphatic carbocycles. The Labute approximate surface area is 95.8 Å². The van der Waals surface area contributed by atoms with E-state index in [0.717, 1.165) is 19.7 Å². The summed E-state index contributed by atoms with van der Waals surface area (Å²) in [6.07, 6.45) is 8.06. The van der Waals surface area contributed by atoms with Crippen LogP contribution in [0.15, 0.2) is 0 Å². The molecule has 2 nitrogen and oxygen atoms in total. The van der Waals surface area contributed by atoms with Crippen LogP contribution in [0.1, 0.15) is 59.3 Å². The zero-order valence-electron chi connectivity index (χ0n) is 10.8. The smallest absolute Gasteiger partial charge is 0.0671 e. The molecule has 0 aromatic rings. The van der Waals surface area contributed by atoms with Gasteiger partial charge in [-0.25, -0.2) is 0 Å². The van der Waals surface area contributed by atoms with E-state index in [0.29, 0.717) is 6.10 Å². The fraction of sp³-hybridized carbons (Fsp3) is 1.00. The maximum atomic E-state index is 5.71. The van der Waals surface area contributed by atoms with Gasteiger partial charge in [-0.2, -0.15) is 0 Å². The molecule has 0 aliphatic heterocycles. The molecule has 15 heavy (non-hydrogen) atoms. The topological polar surface area (TPSA) is 21.3 Å². The third kappa shape index (κ3) is 11.8. The second-order valence-electron chi connectivity index (χ2n) is 4.30. The molecule has 0 bridgehead atoms. The van der Waals surface area contributed by atoms with Crippen molar-refractivity contribution in [3.8, 4) is 0 Å². The average Bonchev–Trinajstić information content (AvgIpc) is 2.24. The maximum absolute atomic E-state index is 5.71. The summed E-state index contributed by atoms with van der Waals surface area (Å²) in [5.41, 5.74) is 0. The third-order valence-corrected chi connectivity index (χ3v) is 2.54. The van der Waals surface area contributed by atoms with Gasteiger partial charge in [0.1, 0.15) is 0 Å². The minimum absolute atomic E-state index is 0.364. The van der Waals surface area contributed by atoms with Gasteiger partial charge in [0.2, 0.25) is 0 Å². The summed E-state index contributed by atoms with van der Waals surface area (Å²) in [5.74, 6) is 0. The predicted molar refractivity (Wildman–Crippen MR) is 67.3 cm³/mol. The Kier molecular flexibility index (Phi) is 11.9. The summed E-state index contributed by atoms with van der Waals surface area (Å²) in [7, 11) is 0. The van der Waals surface area contributed by atoms with Crippen molar-refractivity contribution in [2.24, 2.45) is 0 Å². The van der Waals surface area contributed by atoms with E-state index in [2.05, 4.69) is 26.1 Å². The van der Waals surface area contributed by atoms with Crippen LogP contribution in [0.5, 0.6) is 0 Å². The van der Waals surface area contributed by atoms with Gasteiger partial charge in [0.15, 0.2) is 0 Å². The Morgan fingerprint density at radius 3 is 2.40 bits per heavy atom. The first-order valence-corrected chi connectivity index (χ1v) is 6.63. The summed E-state index contributed by atoms with van der Waals surface area (Å²) in [4.78, 5) is 0. The predicted octanol–water partition coefficient (Wildman–Crippen LogP) is 3.36. The Hall–Kier alpha value is -0.0800. The van der Waals surface area contributed by atoms with Crippen molar-refractivity contribution < 1.29 is 4.74 Å². The van der Waals surface area contributed by atoms with Crippen molar-refractivity contribution >= 4 is 0 Å². The first kappa shape index (κ1) is 14.9. The highest BCUT2D eigenvalue weighted by Gasteiger charge is 2.00. The molecule has 0 radical (unpaired) electrons. The van der Waals surface area contributed by atoms with Crippen molar-refractivity contribution in [1.82, 2.24) is 5.32 Å². The standard InChI is InChI=1S/C13H29NO/c1-4-6-8-9-11-15-13(3)12-14-10-7-5-2/h13-14H,4-12H2,1-3H3. The van der Waals surface area contributed by atoms with Crippen LogP contribution in [0.4, 0.5) is 0 Å². The summed E-state index contributed by atoms with van der Waals surface area (Å²) in [6, 6.07) is 0. The molecule has 1 N–H and O–H groups in total. The summed E-state index contributed by atoms with van der Waals surface area (Å²) < 4.78 is 5.71. The van der Waals surface area contributed by atoms with Crippen LogP contribution in [0.3, 0.4) is 0 Å². The van der Waals surface area contributed by atoms with Gasteiger partial charge in [-0.15, -0.1) is 0 Å². The molecule has 0 amide bonds. The zero-order valence-corrected chi connectivity index (χ0v) is 10.8. The van der Waals surface area contributed by atoms with Gasteiger partial charge in [0.05, 0.1) is 6.10 Å². The van der Waals surface area contributed by atoms with Crippen LogP contribution < -0.4 is 5.32 Å². The van der Waals surface area contributed by atoms with Gasteiger partial charge < -0.3 is 10.1 Å². The van der Waals surface area contributed by atoms with Crippen LogP contribution in [0, 0.1) is 0 Å². The van der Waals surface area contributed by atoms with E-state index in [1.165, 1.54) is 38.5 Å². The zero-order chi connectivity index (χ0) is 11.4. The lowest BCUT2D eigenvalue weighted by Gasteiger charge is -2.13. The highest BCUT2D eigenvalue weighted by molar-refractivity contribution is 4.55. The van der Waals surface area contributed by atoms with Crippen molar-refractivity contribution in [3.05, 3.63) is 0 Å². The molecule has 0 saturated heterocycles. The highest BCUT2D eigenvalue weighted by Crippen LogP contribution is 2.00. The van der Waals surface area contributed by atoms with Crippen LogP contribution in [0.25, 0.3) is 0 Å². The molecule has 0 fully saturated rings. The number of unbranched alkanes of at least 4 members (excludes halogenated alkanes) is 4. The number of hydrogen-bond acceptors (Lipinski definition) is 2. The fourth-order valence-electron chi connectivity index (χ4n) is 1.48. The first-order chi connectivity index (χ1) is 7.31. The molecule has 1 atom stereocenters. The third-order valence-electron chi connectivity index (χ3n) is 2.54. The van der Waals surface area contributed by atoms with Gasteiger partial charge in [-0.05, 0) is 26.3 Å². The Morgan fingerprint density at radius 2 is 1.73 bits per heavy atom. The summed E-state index contributed by atoms with van der Waals surface area (Å²) in [6.45, 7) is 9.65. The largest absolute Gasteiger partial charge is 0.377 e. The molecular weight excluding hydrogens is 186 g/mol. The van der Waals surface area contributed by atoms with E-state index in [9.17, 15) is 0 Å². The second-order valence-corrected chi connectivity index (χ2v) is 4.30. The van der Waals surface area contributed by atoms with Gasteiger partial charge in [0.25, 0.3) is 0 Å². The Bertz CT molecular complexity index is 117. The van der Waals surface area contributed by atoms with Crippen LogP contribution >= 0.6 is 0 Å². The normalized spacial score (nSPS) is 13.0. The summed E-state index contributed by atoms with van der Waals surface area (Å²) in [5, 5.41) is 3.41. The van der Waals surface area contributed by atoms with Gasteiger partial charge in [0, 0.05) is 13.2 Å². The van der Waals surface area contributed by atoms with Crippen LogP contribution in [0.2, 0.25) is 0 Å². The lowest BCUT2D eigenvalue weighted by molar-refractivity contribution is 0.0631. The van der Waals surface area contributed by atoms with Crippen molar-refractivity contribution in [2.75, 3.05) is 19.7 Å². The second kappa shape index (κ2) is 12.0. The molecule has 92 valence electrons. The average molecular weight is 215 g/mol. The van der Waals surface area contributed by atoms with E-state index in [1.54, 1.807) is 0 Å². The van der Waals surface area contributed by atoms with Gasteiger partial charge >= 0.3 is 0 Å². The molecule has 0 aliphatic rings. The highest BCUT2D eigenvalue weighted by atomic mass is 16.5. The summed E-state index contributed by atoms with van der Waals surface area (Å²) >= 11 is 0. The van der Waals surface area contributed by atoms with E-state index >= 15 is 0 Å². The minimum atomic E-state index is 0.364. The fourth-order valence-corrected chi connectivity index (χ4v) is 1.48. The lowest BCUT2D eigenvalue weighted by Crippen LogP contribution is -2.27. The number of rotatable bonds is 11. The molecule has 0 saturated carbocycles. The van der Waals surface area contributed by atoms with Gasteiger partial charge in [-0.3, -0.25) is 0 Å². The molecule has 0 rings (SSSR count). The van der Waals surface area contributed by atoms with E-state index in [1.807, 2.05) is 0 Å². The molecule has 0 aromatic carbocycles. The van der Waals surface area contributed by atoms with Crippen LogP contribution in [-0.2, 0) is 4.74 Å². The van der Waals surface area contributed by atoms with E-state index in [4.69, 9.17) is 4.74 Å². The number of nitrogens with one attached hydrogen (secondary N) is 1. The lowest BCUT2D eigenvalue weighted by atomic mass is 10.2. The SMILES string of the molecule is CCCCCCOC(C)CNCCCC. The molecule has 0 heterocycles. The molecule has 2 heteroatoms. The Balaban J connectivity index is 3.08. The molecule has 0 spiro atoms. The Morgan fingerprint density at radius 1 is 1.00 bits per heavy atom. The number of hydrogen-bond donors (Lipinski definition) is 1. The quantitative estimate of drug-likeness (QED) is 0.534. The van der Waals surface area contributed by atoms with Gasteiger partial charge in [-0.1, -0.05) is 39.5 Å². The van der Waals surface area contributed by atoms with E-state index in [-0.39, 0.29) is 0 Å². The van der Waals surface area contributed by atoms with E-state index < -0.39 is 0 Å². The minimum Gasteiger partial charge on any atom is -0.377 e. The van der Waals surface area contributed by atoms with Crippen molar-refractivity contribution in [1.29, 1.82) is 0 Å². The maximum Gasteiger partial charge on any atom is 0.0671 e. The monoisotopic (exact) mass is 215 g/mol.